The van der Waals surface area contributed by atoms with Gasteiger partial charge in [0.2, 0.25) is 0 Å². The molecule has 0 atom stereocenters. The number of hydrogen-bond acceptors (Lipinski definition) is 0. The van der Waals surface area contributed by atoms with Crippen molar-refractivity contribution in [3.05, 3.63) is 449 Å². The summed E-state index contributed by atoms with van der Waals surface area (Å²) in [6.45, 7) is 0. The Kier molecular flexibility index (Phi) is 16.2. The van der Waals surface area contributed by atoms with Crippen LogP contribution in [0.25, 0.3) is 210 Å². The normalized spacial score (nSPS) is 11.7. The lowest BCUT2D eigenvalue weighted by Gasteiger charge is -2.15. The average Bonchev–Trinajstić information content (AvgIpc) is 1.47. The zero-order valence-corrected chi connectivity index (χ0v) is 64.4. The van der Waals surface area contributed by atoms with E-state index < -0.39 is 0 Å². The molecule has 0 unspecified atom stereocenters. The molecular formula is C112H74N6. The zero-order valence-electron chi connectivity index (χ0n) is 64.4. The van der Waals surface area contributed by atoms with Crippen molar-refractivity contribution < 1.29 is 0 Å². The molecule has 0 aliphatic rings. The highest BCUT2D eigenvalue weighted by Crippen LogP contribution is 2.45. The number of aromatic nitrogens is 6. The number of fused-ring (bicyclic) bond motifs is 10. The van der Waals surface area contributed by atoms with Crippen molar-refractivity contribution >= 4 is 109 Å². The molecule has 118 heavy (non-hydrogen) atoms. The Morgan fingerprint density at radius 3 is 0.644 bits per heavy atom. The minimum Gasteiger partial charge on any atom is -0.317 e. The second kappa shape index (κ2) is 28.1. The number of hydrogen-bond donors (Lipinski definition) is 0. The smallest absolute Gasteiger partial charge is 0.0542 e. The maximum absolute atomic E-state index is 2.44. The summed E-state index contributed by atoms with van der Waals surface area (Å²) in [5.74, 6) is 0. The van der Waals surface area contributed by atoms with Crippen LogP contribution in [0.3, 0.4) is 0 Å². The van der Waals surface area contributed by atoms with Crippen molar-refractivity contribution in [3.8, 4) is 101 Å². The van der Waals surface area contributed by atoms with E-state index in [9.17, 15) is 0 Å². The van der Waals surface area contributed by atoms with Crippen molar-refractivity contribution in [2.75, 3.05) is 0 Å². The summed E-state index contributed by atoms with van der Waals surface area (Å²) in [6.07, 6.45) is 4.31. The van der Waals surface area contributed by atoms with Crippen LogP contribution in [0.5, 0.6) is 0 Å². The predicted molar refractivity (Wildman–Crippen MR) is 497 cm³/mol. The van der Waals surface area contributed by atoms with Crippen LogP contribution < -0.4 is 0 Å². The van der Waals surface area contributed by atoms with E-state index in [1.54, 1.807) is 0 Å². The van der Waals surface area contributed by atoms with Gasteiger partial charge in [0.25, 0.3) is 0 Å². The van der Waals surface area contributed by atoms with Crippen LogP contribution in [-0.2, 0) is 0 Å². The summed E-state index contributed by atoms with van der Waals surface area (Å²) < 4.78 is 14.2. The highest BCUT2D eigenvalue weighted by molar-refractivity contribution is 6.15. The van der Waals surface area contributed by atoms with Gasteiger partial charge in [-0.15, -0.1) is 0 Å². The Labute approximate surface area is 682 Å². The third-order valence-electron chi connectivity index (χ3n) is 24.1. The first-order valence-electron chi connectivity index (χ1n) is 40.5. The fourth-order valence-corrected chi connectivity index (χ4v) is 18.6. The Morgan fingerprint density at radius 2 is 0.364 bits per heavy atom. The zero-order chi connectivity index (χ0) is 77.7. The predicted octanol–water partition coefficient (Wildman–Crippen LogP) is 29.7. The first-order chi connectivity index (χ1) is 58.5. The van der Waals surface area contributed by atoms with Crippen molar-refractivity contribution in [1.82, 2.24) is 27.4 Å². The van der Waals surface area contributed by atoms with Crippen molar-refractivity contribution in [2.24, 2.45) is 0 Å². The molecule has 6 nitrogen and oxygen atoms in total. The molecular weight excluding hydrogens is 1430 g/mol. The highest BCUT2D eigenvalue weighted by atomic mass is 15.0. The molecule has 6 heteroatoms. The van der Waals surface area contributed by atoms with Crippen molar-refractivity contribution in [1.29, 1.82) is 0 Å². The van der Waals surface area contributed by atoms with E-state index in [1.165, 1.54) is 153 Å². The number of benzene rings is 18. The fourth-order valence-electron chi connectivity index (χ4n) is 18.6. The number of rotatable bonds is 12. The van der Waals surface area contributed by atoms with Gasteiger partial charge in [-0.2, -0.15) is 0 Å². The summed E-state index contributed by atoms with van der Waals surface area (Å²) in [5.41, 5.74) is 28.2. The average molecular weight is 1500 g/mol. The molecule has 24 aromatic rings. The van der Waals surface area contributed by atoms with Gasteiger partial charge < -0.3 is 27.4 Å². The van der Waals surface area contributed by atoms with Crippen molar-refractivity contribution in [2.45, 2.75) is 0 Å². The van der Waals surface area contributed by atoms with Crippen LogP contribution in [-0.4, -0.2) is 27.4 Å². The maximum Gasteiger partial charge on any atom is 0.0542 e. The topological polar surface area (TPSA) is 29.6 Å². The third-order valence-corrected chi connectivity index (χ3v) is 24.1. The molecule has 6 aromatic heterocycles. The standard InChI is InChI=1S/C62H40N2.C50H34N4/c1-3-15-41(16-4-1)57-37-49-39-60-50(40-59(49)63(57)51-31-27-43(28-32-51)61-53-23-11-7-19-45(53)35-46-20-8-12-24-54(46)61)38-58(42-17-5-2-6-18-42)64(60)52-33-29-44(30-34-52)62-55-25-13-9-21-47(55)36-48-22-10-14-26-56(48)62;1-3-11-35(12-4-1)47-31-39-33-50-40(34-49(39)53(47)43-23-19-41(20-24-43)51-29-27-37-15-7-9-17-45(37)51)32-48(36-13-5-2-6-14-36)54(50)44-25-21-42(22-26-44)52-30-28-38-16-8-10-18-46(38)52/h1-40H;1-34H. The van der Waals surface area contributed by atoms with E-state index in [1.807, 2.05) is 0 Å². The van der Waals surface area contributed by atoms with Crippen LogP contribution in [0.15, 0.2) is 449 Å². The lowest BCUT2D eigenvalue weighted by molar-refractivity contribution is 1.10. The molecule has 0 aliphatic carbocycles. The first-order valence-corrected chi connectivity index (χ1v) is 40.5. The van der Waals surface area contributed by atoms with Crippen LogP contribution in [0.4, 0.5) is 0 Å². The van der Waals surface area contributed by atoms with Gasteiger partial charge in [-0.05, 0) is 256 Å². The van der Waals surface area contributed by atoms with Gasteiger partial charge in [0, 0.05) is 68.1 Å². The van der Waals surface area contributed by atoms with E-state index in [4.69, 9.17) is 0 Å². The van der Waals surface area contributed by atoms with Crippen LogP contribution in [0.1, 0.15) is 0 Å². The Bertz CT molecular complexity index is 7390. The van der Waals surface area contributed by atoms with Crippen LogP contribution in [0.2, 0.25) is 0 Å². The van der Waals surface area contributed by atoms with Crippen LogP contribution in [0, 0.1) is 0 Å². The Balaban J connectivity index is 0.000000140. The molecule has 0 amide bonds. The van der Waals surface area contributed by atoms with Crippen molar-refractivity contribution in [3.63, 3.8) is 0 Å². The lowest BCUT2D eigenvalue weighted by atomic mass is 9.92. The molecule has 24 rings (SSSR count). The molecule has 6 heterocycles. The van der Waals surface area contributed by atoms with Gasteiger partial charge >= 0.3 is 0 Å². The number of nitrogens with zero attached hydrogens (tertiary/aromatic N) is 6. The summed E-state index contributed by atoms with van der Waals surface area (Å²) in [5, 5.41) is 17.3. The highest BCUT2D eigenvalue weighted by Gasteiger charge is 2.23. The lowest BCUT2D eigenvalue weighted by Crippen LogP contribution is -1.99. The van der Waals surface area contributed by atoms with Gasteiger partial charge in [0.1, 0.15) is 0 Å². The molecule has 0 bridgehead atoms. The Morgan fingerprint density at radius 1 is 0.136 bits per heavy atom. The van der Waals surface area contributed by atoms with E-state index in [0.717, 1.165) is 56.9 Å². The molecule has 18 aromatic carbocycles. The maximum atomic E-state index is 2.44. The van der Waals surface area contributed by atoms with Gasteiger partial charge in [-0.1, -0.05) is 279 Å². The molecule has 552 valence electrons. The first kappa shape index (κ1) is 67.9. The minimum absolute atomic E-state index is 1.12. The Hall–Kier alpha value is -15.8. The van der Waals surface area contributed by atoms with Gasteiger partial charge in [-0.3, -0.25) is 0 Å². The summed E-state index contributed by atoms with van der Waals surface area (Å²) in [4.78, 5) is 0. The minimum atomic E-state index is 1.12. The molecule has 0 aliphatic heterocycles. The molecule has 0 spiro atoms. The van der Waals surface area contributed by atoms with E-state index in [2.05, 4.69) is 477 Å². The second-order valence-corrected chi connectivity index (χ2v) is 30.9. The van der Waals surface area contributed by atoms with E-state index in [-0.39, 0.29) is 0 Å². The molecule has 0 N–H and O–H groups in total. The van der Waals surface area contributed by atoms with E-state index >= 15 is 0 Å². The number of para-hydroxylation sites is 2. The monoisotopic (exact) mass is 1500 g/mol. The summed E-state index contributed by atoms with van der Waals surface area (Å²) >= 11 is 0. The van der Waals surface area contributed by atoms with Crippen LogP contribution >= 0.6 is 0 Å². The molecule has 0 saturated heterocycles. The fraction of sp³-hybridized carbons (Fsp3) is 0. The second-order valence-electron chi connectivity index (χ2n) is 30.9. The quantitative estimate of drug-likeness (QED) is 0.109. The van der Waals surface area contributed by atoms with Gasteiger partial charge in [-0.25, -0.2) is 0 Å². The molecule has 0 saturated carbocycles. The molecule has 0 fully saturated rings. The van der Waals surface area contributed by atoms with Gasteiger partial charge in [0.05, 0.1) is 55.9 Å². The van der Waals surface area contributed by atoms with E-state index in [0.29, 0.717) is 0 Å². The molecule has 0 radical (unpaired) electrons. The van der Waals surface area contributed by atoms with Gasteiger partial charge in [0.15, 0.2) is 0 Å². The summed E-state index contributed by atoms with van der Waals surface area (Å²) in [6, 6.07) is 159. The summed E-state index contributed by atoms with van der Waals surface area (Å²) in [7, 11) is 0. The third kappa shape index (κ3) is 11.6. The SMILES string of the molecule is c1ccc(-c2cc3cc4c(cc(-c5ccccc5)n4-c4ccc(-c5c6ccccc6cc6ccccc56)cc4)cc3n2-c2ccc(-c3c4ccccc4cc4ccccc34)cc2)cc1.c1ccc(-c2cc3cc4c(cc(-c5ccccc5)n4-c4ccc(-n5ccc6ccccc65)cc4)cc3n2-c2ccc(-n3ccc4ccccc43)cc2)cc1. The largest absolute Gasteiger partial charge is 0.317 e.